The molecule has 5 rings (SSSR count). The van der Waals surface area contributed by atoms with Gasteiger partial charge < -0.3 is 14.6 Å². The minimum atomic E-state index is -3.37. The summed E-state index contributed by atoms with van der Waals surface area (Å²) in [5.41, 5.74) is 2.12. The molecular formula is C25H22N4O3S3. The zero-order valence-electron chi connectivity index (χ0n) is 18.7. The van der Waals surface area contributed by atoms with E-state index < -0.39 is 10.0 Å². The lowest BCUT2D eigenvalue weighted by molar-refractivity contribution is 0.383. The predicted molar refractivity (Wildman–Crippen MR) is 142 cm³/mol. The minimum absolute atomic E-state index is 0.238. The molecule has 0 saturated carbocycles. The molecule has 2 aromatic heterocycles. The number of nitrogens with zero attached hydrogens (tertiary/aromatic N) is 2. The van der Waals surface area contributed by atoms with Crippen molar-refractivity contribution in [1.82, 2.24) is 10.3 Å². The zero-order chi connectivity index (χ0) is 24.4. The van der Waals surface area contributed by atoms with Crippen LogP contribution in [0, 0.1) is 0 Å². The van der Waals surface area contributed by atoms with E-state index in [-0.39, 0.29) is 12.1 Å². The molecule has 1 saturated heterocycles. The van der Waals surface area contributed by atoms with Gasteiger partial charge in [-0.3, -0.25) is 9.71 Å². The van der Waals surface area contributed by atoms with E-state index in [1.807, 2.05) is 77.7 Å². The Morgan fingerprint density at radius 2 is 1.74 bits per heavy atom. The Bertz CT molecular complexity index is 1430. The summed E-state index contributed by atoms with van der Waals surface area (Å²) in [7, 11) is -3.37. The summed E-state index contributed by atoms with van der Waals surface area (Å²) in [5.74, 6) is 0.741. The number of furan rings is 1. The molecule has 2 N–H and O–H groups in total. The smallest absolute Gasteiger partial charge is 0.229 e. The number of hydrogen-bond acceptors (Lipinski definition) is 6. The fraction of sp³-hybridized carbons (Fsp3) is 0.120. The summed E-state index contributed by atoms with van der Waals surface area (Å²) in [4.78, 5) is 7.62. The molecule has 1 aliphatic heterocycles. The third kappa shape index (κ3) is 5.34. The highest BCUT2D eigenvalue weighted by atomic mass is 32.2. The van der Waals surface area contributed by atoms with Gasteiger partial charge in [0, 0.05) is 22.5 Å². The molecule has 3 heterocycles. The van der Waals surface area contributed by atoms with Crippen molar-refractivity contribution in [1.29, 1.82) is 0 Å². The topological polar surface area (TPSA) is 87.5 Å². The van der Waals surface area contributed by atoms with Crippen LogP contribution in [0.15, 0.2) is 106 Å². The van der Waals surface area contributed by atoms with E-state index in [1.54, 1.807) is 30.1 Å². The van der Waals surface area contributed by atoms with Crippen molar-refractivity contribution in [2.45, 2.75) is 22.1 Å². The second kappa shape index (κ2) is 9.73. The van der Waals surface area contributed by atoms with Gasteiger partial charge in [-0.2, -0.15) is 0 Å². The number of pyridine rings is 1. The van der Waals surface area contributed by atoms with Crippen molar-refractivity contribution in [3.05, 3.63) is 103 Å². The normalized spacial score (nSPS) is 17.9. The van der Waals surface area contributed by atoms with Crippen LogP contribution in [0.25, 0.3) is 0 Å². The van der Waals surface area contributed by atoms with Crippen LogP contribution in [-0.4, -0.2) is 24.8 Å². The highest BCUT2D eigenvalue weighted by molar-refractivity contribution is 7.99. The van der Waals surface area contributed by atoms with Gasteiger partial charge in [0.1, 0.15) is 11.8 Å². The highest BCUT2D eigenvalue weighted by Gasteiger charge is 2.42. The van der Waals surface area contributed by atoms with Crippen molar-refractivity contribution >= 4 is 50.5 Å². The molecule has 178 valence electrons. The molecule has 0 aliphatic carbocycles. The Kier molecular flexibility index (Phi) is 6.50. The van der Waals surface area contributed by atoms with Crippen LogP contribution in [0.4, 0.5) is 11.4 Å². The van der Waals surface area contributed by atoms with Crippen molar-refractivity contribution in [2.24, 2.45) is 0 Å². The summed E-state index contributed by atoms with van der Waals surface area (Å²) >= 11 is 7.29. The number of hydrogen-bond donors (Lipinski definition) is 2. The summed E-state index contributed by atoms with van der Waals surface area (Å²) in [6, 6.07) is 26.3. The molecular weight excluding hydrogens is 501 g/mol. The Balaban J connectivity index is 1.50. The number of thiocarbonyl (C=S) groups is 1. The molecule has 4 aromatic rings. The van der Waals surface area contributed by atoms with Gasteiger partial charge in [-0.1, -0.05) is 36.0 Å². The van der Waals surface area contributed by atoms with Gasteiger partial charge in [0.25, 0.3) is 0 Å². The molecule has 0 radical (unpaired) electrons. The summed E-state index contributed by atoms with van der Waals surface area (Å²) in [6.07, 6.45) is 2.88. The van der Waals surface area contributed by atoms with Crippen molar-refractivity contribution in [3.8, 4) is 0 Å². The Labute approximate surface area is 213 Å². The first-order valence-electron chi connectivity index (χ1n) is 10.8. The average Bonchev–Trinajstić information content (AvgIpc) is 3.44. The first-order chi connectivity index (χ1) is 16.9. The predicted octanol–water partition coefficient (Wildman–Crippen LogP) is 5.37. The third-order valence-electron chi connectivity index (χ3n) is 5.40. The van der Waals surface area contributed by atoms with Gasteiger partial charge in [-0.25, -0.2) is 8.42 Å². The second-order valence-electron chi connectivity index (χ2n) is 7.99. The fourth-order valence-corrected chi connectivity index (χ4v) is 5.69. The van der Waals surface area contributed by atoms with E-state index >= 15 is 0 Å². The van der Waals surface area contributed by atoms with Crippen LogP contribution >= 0.6 is 24.0 Å². The van der Waals surface area contributed by atoms with Crippen molar-refractivity contribution in [3.63, 3.8) is 0 Å². The molecule has 1 aliphatic rings. The van der Waals surface area contributed by atoms with Gasteiger partial charge in [0.2, 0.25) is 10.0 Å². The molecule has 0 spiro atoms. The molecule has 35 heavy (non-hydrogen) atoms. The monoisotopic (exact) mass is 522 g/mol. The lowest BCUT2D eigenvalue weighted by Crippen LogP contribution is -2.29. The van der Waals surface area contributed by atoms with Crippen LogP contribution in [0.5, 0.6) is 0 Å². The molecule has 2 aromatic carbocycles. The number of anilines is 2. The molecule has 2 atom stereocenters. The maximum Gasteiger partial charge on any atom is 0.229 e. The molecule has 1 fully saturated rings. The summed E-state index contributed by atoms with van der Waals surface area (Å²) in [6.45, 7) is 0. The summed E-state index contributed by atoms with van der Waals surface area (Å²) < 4.78 is 32.0. The van der Waals surface area contributed by atoms with Crippen LogP contribution in [-0.2, 0) is 10.0 Å². The average molecular weight is 523 g/mol. The Morgan fingerprint density at radius 1 is 1.00 bits per heavy atom. The van der Waals surface area contributed by atoms with E-state index in [0.717, 1.165) is 33.4 Å². The SMILES string of the molecule is CS(=O)(=O)Nc1ccc(N2C(=S)N[C@H](c3ccccn3)[C@@H]2c2ccc(Sc3ccccc3)o2)cc1. The number of nitrogens with one attached hydrogen (secondary N) is 2. The molecule has 7 nitrogen and oxygen atoms in total. The van der Waals surface area contributed by atoms with E-state index in [1.165, 1.54) is 0 Å². The Morgan fingerprint density at radius 3 is 2.43 bits per heavy atom. The maximum absolute atomic E-state index is 11.6. The first kappa shape index (κ1) is 23.4. The van der Waals surface area contributed by atoms with Crippen molar-refractivity contribution < 1.29 is 12.8 Å². The molecule has 0 unspecified atom stereocenters. The minimum Gasteiger partial charge on any atom is -0.452 e. The number of sulfonamides is 1. The largest absolute Gasteiger partial charge is 0.452 e. The van der Waals surface area contributed by atoms with Gasteiger partial charge in [-0.05, 0) is 72.9 Å². The molecule has 0 amide bonds. The highest BCUT2D eigenvalue weighted by Crippen LogP contribution is 2.43. The van der Waals surface area contributed by atoms with Gasteiger partial charge in [-0.15, -0.1) is 0 Å². The molecule has 10 heteroatoms. The summed E-state index contributed by atoms with van der Waals surface area (Å²) in [5, 5.41) is 4.70. The van der Waals surface area contributed by atoms with Gasteiger partial charge >= 0.3 is 0 Å². The van der Waals surface area contributed by atoms with E-state index in [4.69, 9.17) is 16.6 Å². The second-order valence-corrected chi connectivity index (χ2v) is 11.2. The maximum atomic E-state index is 11.6. The quantitative estimate of drug-likeness (QED) is 0.313. The van der Waals surface area contributed by atoms with E-state index in [0.29, 0.717) is 10.8 Å². The number of rotatable bonds is 7. The lowest BCUT2D eigenvalue weighted by Gasteiger charge is -2.26. The van der Waals surface area contributed by atoms with Crippen LogP contribution < -0.4 is 14.9 Å². The van der Waals surface area contributed by atoms with Crippen LogP contribution in [0.2, 0.25) is 0 Å². The zero-order valence-corrected chi connectivity index (χ0v) is 21.1. The standard InChI is InChI=1S/C25H22N4O3S3/c1-35(30,31)28-17-10-12-18(13-11-17)29-24(23(27-25(29)33)20-9-5-6-16-26-20)21-14-15-22(32-21)34-19-7-3-2-4-8-19/h2-16,23-24,28H,1H3,(H,27,33)/t23-,24+/m1/s1. The van der Waals surface area contributed by atoms with Crippen LogP contribution in [0.3, 0.4) is 0 Å². The van der Waals surface area contributed by atoms with Crippen LogP contribution in [0.1, 0.15) is 23.5 Å². The number of benzene rings is 2. The number of aromatic nitrogens is 1. The fourth-order valence-electron chi connectivity index (χ4n) is 3.98. The van der Waals surface area contributed by atoms with E-state index in [9.17, 15) is 8.42 Å². The lowest BCUT2D eigenvalue weighted by atomic mass is 10.0. The molecule has 0 bridgehead atoms. The Hall–Kier alpha value is -3.34. The van der Waals surface area contributed by atoms with Gasteiger partial charge in [0.15, 0.2) is 10.2 Å². The van der Waals surface area contributed by atoms with E-state index in [2.05, 4.69) is 15.0 Å². The van der Waals surface area contributed by atoms with Gasteiger partial charge in [0.05, 0.1) is 18.0 Å². The first-order valence-corrected chi connectivity index (χ1v) is 13.9. The third-order valence-corrected chi connectivity index (χ3v) is 7.25. The van der Waals surface area contributed by atoms with Crippen molar-refractivity contribution in [2.75, 3.05) is 15.9 Å².